The Balaban J connectivity index is 1.73. The first-order valence-electron chi connectivity index (χ1n) is 8.82. The van der Waals surface area contributed by atoms with Gasteiger partial charge in [-0.25, -0.2) is 0 Å². The van der Waals surface area contributed by atoms with Crippen molar-refractivity contribution in [2.24, 2.45) is 0 Å². The van der Waals surface area contributed by atoms with E-state index in [2.05, 4.69) is 15.5 Å². The molecule has 0 spiro atoms. The predicted molar refractivity (Wildman–Crippen MR) is 110 cm³/mol. The third kappa shape index (κ3) is 4.37. The molecule has 0 atom stereocenters. The predicted octanol–water partition coefficient (Wildman–Crippen LogP) is 3.82. The van der Waals surface area contributed by atoms with E-state index >= 15 is 0 Å². The van der Waals surface area contributed by atoms with Crippen LogP contribution in [0.25, 0.3) is 0 Å². The van der Waals surface area contributed by atoms with E-state index in [1.54, 1.807) is 48.5 Å². The molecule has 2 N–H and O–H groups in total. The summed E-state index contributed by atoms with van der Waals surface area (Å²) in [5.41, 5.74) is 1.15. The van der Waals surface area contributed by atoms with E-state index < -0.39 is 0 Å². The highest BCUT2D eigenvalue weighted by Gasteiger charge is 2.18. The Hall–Kier alpha value is -2.77. The number of aromatic amines is 1. The molecule has 2 aromatic carbocycles. The molecule has 3 aromatic rings. The smallest absolute Gasteiger partial charge is 0.252 e. The van der Waals surface area contributed by atoms with E-state index in [1.165, 1.54) is 0 Å². The van der Waals surface area contributed by atoms with Gasteiger partial charge in [-0.1, -0.05) is 29.8 Å². The number of halogens is 1. The molecule has 0 saturated carbocycles. The summed E-state index contributed by atoms with van der Waals surface area (Å²) in [6, 6.07) is 13.3. The molecule has 0 aliphatic carbocycles. The number of aromatic nitrogens is 3. The molecule has 28 heavy (non-hydrogen) atoms. The largest absolute Gasteiger partial charge is 0.352 e. The zero-order chi connectivity index (χ0) is 20.1. The number of carbonyl (C=O) groups is 2. The molecular weight excluding hydrogens is 396 g/mol. The molecule has 0 aliphatic heterocycles. The highest BCUT2D eigenvalue weighted by atomic mass is 35.5. The van der Waals surface area contributed by atoms with Gasteiger partial charge in [0.05, 0.1) is 5.56 Å². The number of hydrogen-bond donors (Lipinski definition) is 2. The molecule has 144 valence electrons. The van der Waals surface area contributed by atoms with Crippen LogP contribution >= 0.6 is 23.8 Å². The zero-order valence-corrected chi connectivity index (χ0v) is 16.8. The quantitative estimate of drug-likeness (QED) is 0.455. The molecule has 0 bridgehead atoms. The average Bonchev–Trinajstić information content (AvgIpc) is 3.07. The number of rotatable bonds is 7. The minimum Gasteiger partial charge on any atom is -0.352 e. The van der Waals surface area contributed by atoms with Gasteiger partial charge in [0.2, 0.25) is 0 Å². The van der Waals surface area contributed by atoms with Gasteiger partial charge in [-0.15, -0.1) is 0 Å². The van der Waals surface area contributed by atoms with Gasteiger partial charge in [0.15, 0.2) is 10.6 Å². The van der Waals surface area contributed by atoms with Crippen LogP contribution in [0.3, 0.4) is 0 Å². The van der Waals surface area contributed by atoms with Crippen LogP contribution in [0.2, 0.25) is 5.02 Å². The van der Waals surface area contributed by atoms with Crippen molar-refractivity contribution in [3.05, 3.63) is 80.8 Å². The van der Waals surface area contributed by atoms with Crippen molar-refractivity contribution in [3.63, 3.8) is 0 Å². The fraction of sp³-hybridized carbons (Fsp3) is 0.200. The number of ketones is 1. The molecule has 3 rings (SSSR count). The van der Waals surface area contributed by atoms with E-state index in [9.17, 15) is 9.59 Å². The van der Waals surface area contributed by atoms with Crippen molar-refractivity contribution in [2.75, 3.05) is 6.54 Å². The minimum atomic E-state index is -0.310. The van der Waals surface area contributed by atoms with Crippen LogP contribution in [0.15, 0.2) is 48.5 Å². The van der Waals surface area contributed by atoms with Crippen LogP contribution in [0.1, 0.15) is 39.0 Å². The maximum atomic E-state index is 12.8. The minimum absolute atomic E-state index is 0.228. The highest BCUT2D eigenvalue weighted by molar-refractivity contribution is 7.71. The molecule has 0 radical (unpaired) electrons. The Morgan fingerprint density at radius 3 is 2.50 bits per heavy atom. The summed E-state index contributed by atoms with van der Waals surface area (Å²) in [7, 11) is 0. The molecule has 1 amide bonds. The van der Waals surface area contributed by atoms with Gasteiger partial charge in [-0.3, -0.25) is 14.7 Å². The SMILES string of the molecule is CCn1c(CCNC(=O)c2ccccc2C(=O)c2ccc(Cl)cc2)n[nH]c1=S. The summed E-state index contributed by atoms with van der Waals surface area (Å²) in [5.74, 6) is 0.239. The second kappa shape index (κ2) is 8.95. The highest BCUT2D eigenvalue weighted by Crippen LogP contribution is 2.17. The van der Waals surface area contributed by atoms with Crippen LogP contribution in [-0.4, -0.2) is 33.0 Å². The van der Waals surface area contributed by atoms with Crippen molar-refractivity contribution in [3.8, 4) is 0 Å². The molecule has 1 aromatic heterocycles. The molecule has 0 unspecified atom stereocenters. The van der Waals surface area contributed by atoms with Gasteiger partial charge in [0, 0.05) is 35.7 Å². The maximum Gasteiger partial charge on any atom is 0.252 e. The monoisotopic (exact) mass is 414 g/mol. The van der Waals surface area contributed by atoms with E-state index in [0.717, 1.165) is 5.82 Å². The van der Waals surface area contributed by atoms with Crippen molar-refractivity contribution in [1.29, 1.82) is 0 Å². The summed E-state index contributed by atoms with van der Waals surface area (Å²) >= 11 is 11.0. The van der Waals surface area contributed by atoms with E-state index in [-0.39, 0.29) is 11.7 Å². The van der Waals surface area contributed by atoms with Crippen LogP contribution in [-0.2, 0) is 13.0 Å². The van der Waals surface area contributed by atoms with Crippen molar-refractivity contribution in [2.45, 2.75) is 19.9 Å². The molecular formula is C20H19ClN4O2S. The van der Waals surface area contributed by atoms with Crippen LogP contribution in [0.4, 0.5) is 0 Å². The molecule has 1 heterocycles. The van der Waals surface area contributed by atoms with Gasteiger partial charge in [0.1, 0.15) is 5.82 Å². The first kappa shape index (κ1) is 20.0. The molecule has 0 fully saturated rings. The second-order valence-corrected chi connectivity index (χ2v) is 6.90. The van der Waals surface area contributed by atoms with Crippen molar-refractivity contribution in [1.82, 2.24) is 20.1 Å². The molecule has 6 nitrogen and oxygen atoms in total. The summed E-state index contributed by atoms with van der Waals surface area (Å²) in [6.07, 6.45) is 0.528. The van der Waals surface area contributed by atoms with Gasteiger partial charge in [0.25, 0.3) is 5.91 Å². The standard InChI is InChI=1S/C20H19ClN4O2S/c1-2-25-17(23-24-20(25)28)11-12-22-19(27)16-6-4-3-5-15(16)18(26)13-7-9-14(21)10-8-13/h3-10H,2,11-12H2,1H3,(H,22,27)(H,24,28). The van der Waals surface area contributed by atoms with Crippen LogP contribution in [0, 0.1) is 4.77 Å². The summed E-state index contributed by atoms with van der Waals surface area (Å²) in [5, 5.41) is 10.3. The number of nitrogens with one attached hydrogen (secondary N) is 2. The Labute approximate surface area is 172 Å². The van der Waals surface area contributed by atoms with Gasteiger partial charge in [-0.05, 0) is 49.5 Å². The van der Waals surface area contributed by atoms with Crippen molar-refractivity contribution >= 4 is 35.5 Å². The van der Waals surface area contributed by atoms with Crippen LogP contribution < -0.4 is 5.32 Å². The number of amides is 1. The third-order valence-corrected chi connectivity index (χ3v) is 4.87. The summed E-state index contributed by atoms with van der Waals surface area (Å²) < 4.78 is 2.43. The van der Waals surface area contributed by atoms with Gasteiger partial charge < -0.3 is 9.88 Å². The Morgan fingerprint density at radius 1 is 1.14 bits per heavy atom. The third-order valence-electron chi connectivity index (χ3n) is 4.31. The lowest BCUT2D eigenvalue weighted by atomic mass is 9.98. The first-order valence-corrected chi connectivity index (χ1v) is 9.61. The lowest BCUT2D eigenvalue weighted by Crippen LogP contribution is -2.28. The Bertz CT molecular complexity index is 1060. The van der Waals surface area contributed by atoms with Gasteiger partial charge in [-0.2, -0.15) is 5.10 Å². The van der Waals surface area contributed by atoms with Crippen molar-refractivity contribution < 1.29 is 9.59 Å². The topological polar surface area (TPSA) is 79.8 Å². The summed E-state index contributed by atoms with van der Waals surface area (Å²) in [6.45, 7) is 3.06. The lowest BCUT2D eigenvalue weighted by molar-refractivity contribution is 0.0942. The first-order chi connectivity index (χ1) is 13.5. The number of benzene rings is 2. The molecule has 8 heteroatoms. The normalized spacial score (nSPS) is 10.6. The van der Waals surface area contributed by atoms with E-state index in [0.29, 0.717) is 46.0 Å². The van der Waals surface area contributed by atoms with Crippen LogP contribution in [0.5, 0.6) is 0 Å². The summed E-state index contributed by atoms with van der Waals surface area (Å²) in [4.78, 5) is 25.5. The maximum absolute atomic E-state index is 12.8. The van der Waals surface area contributed by atoms with E-state index in [1.807, 2.05) is 11.5 Å². The average molecular weight is 415 g/mol. The second-order valence-electron chi connectivity index (χ2n) is 6.08. The fourth-order valence-corrected chi connectivity index (χ4v) is 3.29. The number of H-pyrrole nitrogens is 1. The lowest BCUT2D eigenvalue weighted by Gasteiger charge is -2.10. The number of carbonyl (C=O) groups excluding carboxylic acids is 2. The van der Waals surface area contributed by atoms with E-state index in [4.69, 9.17) is 23.8 Å². The fourth-order valence-electron chi connectivity index (χ4n) is 2.89. The Morgan fingerprint density at radius 2 is 1.82 bits per heavy atom. The van der Waals surface area contributed by atoms with Gasteiger partial charge >= 0.3 is 0 Å². The number of nitrogens with zero attached hydrogens (tertiary/aromatic N) is 2. The molecule has 0 aliphatic rings. The number of hydrogen-bond acceptors (Lipinski definition) is 4. The Kier molecular flexibility index (Phi) is 6.38. The zero-order valence-electron chi connectivity index (χ0n) is 15.2. The molecule has 0 saturated heterocycles.